The zero-order valence-corrected chi connectivity index (χ0v) is 19.2. The fourth-order valence-electron chi connectivity index (χ4n) is 3.64. The molecular weight excluding hydrogens is 462 g/mol. The van der Waals surface area contributed by atoms with Gasteiger partial charge in [0.15, 0.2) is 0 Å². The number of anilines is 1. The molecule has 1 heterocycles. The number of nitrogens with one attached hydrogen (secondary N) is 1. The van der Waals surface area contributed by atoms with Gasteiger partial charge in [0.1, 0.15) is 5.37 Å². The van der Waals surface area contributed by atoms with Crippen molar-refractivity contribution in [2.24, 2.45) is 0 Å². The first kappa shape index (κ1) is 22.8. The molecule has 1 fully saturated rings. The molecule has 0 spiro atoms. The molecule has 0 saturated carbocycles. The average molecular weight is 482 g/mol. The molecule has 3 aromatic rings. The highest BCUT2D eigenvalue weighted by Gasteiger charge is 2.32. The number of thioether (sulfide) groups is 1. The fraction of sp³-hybridized carbons (Fsp3) is 0.167. The SMILES string of the molecule is Cc1c(NC(=O)c2ccc([C@@H]3SCC(=O)N3Cc3ccc(Cl)cc3)cc2)cccc1[N+](=O)[O-]. The molecule has 33 heavy (non-hydrogen) atoms. The number of amides is 2. The zero-order valence-electron chi connectivity index (χ0n) is 17.7. The van der Waals surface area contributed by atoms with E-state index in [0.717, 1.165) is 11.1 Å². The van der Waals surface area contributed by atoms with Crippen LogP contribution in [0.4, 0.5) is 11.4 Å². The van der Waals surface area contributed by atoms with Crippen molar-refractivity contribution >= 4 is 46.6 Å². The van der Waals surface area contributed by atoms with Crippen LogP contribution in [0.15, 0.2) is 66.7 Å². The first-order chi connectivity index (χ1) is 15.8. The standard InChI is InChI=1S/C24H20ClN3O4S/c1-15-20(3-2-4-21(15)28(31)32)26-23(30)17-7-9-18(10-8-17)24-27(22(29)14-33-24)13-16-5-11-19(25)12-6-16/h2-12,24H,13-14H2,1H3,(H,26,30)/t24-/m0/s1. The summed E-state index contributed by atoms with van der Waals surface area (Å²) in [5, 5.41) is 14.4. The van der Waals surface area contributed by atoms with E-state index in [1.807, 2.05) is 29.2 Å². The summed E-state index contributed by atoms with van der Waals surface area (Å²) in [5.41, 5.74) is 3.07. The van der Waals surface area contributed by atoms with Gasteiger partial charge in [0.25, 0.3) is 11.6 Å². The van der Waals surface area contributed by atoms with Crippen LogP contribution in [0.25, 0.3) is 0 Å². The van der Waals surface area contributed by atoms with Crippen LogP contribution in [-0.2, 0) is 11.3 Å². The van der Waals surface area contributed by atoms with E-state index in [1.54, 1.807) is 49.0 Å². The maximum absolute atomic E-state index is 12.7. The minimum Gasteiger partial charge on any atom is -0.322 e. The van der Waals surface area contributed by atoms with E-state index >= 15 is 0 Å². The third-order valence-electron chi connectivity index (χ3n) is 5.44. The Morgan fingerprint density at radius 3 is 2.52 bits per heavy atom. The molecule has 7 nitrogen and oxygen atoms in total. The van der Waals surface area contributed by atoms with E-state index in [4.69, 9.17) is 11.6 Å². The molecule has 0 unspecified atom stereocenters. The minimum absolute atomic E-state index is 0.0492. The molecule has 0 bridgehead atoms. The molecule has 0 radical (unpaired) electrons. The third-order valence-corrected chi connectivity index (χ3v) is 6.95. The number of rotatable bonds is 6. The predicted octanol–water partition coefficient (Wildman–Crippen LogP) is 5.58. The Kier molecular flexibility index (Phi) is 6.67. The maximum atomic E-state index is 12.7. The van der Waals surface area contributed by atoms with Crippen LogP contribution in [0.1, 0.15) is 32.4 Å². The van der Waals surface area contributed by atoms with Gasteiger partial charge >= 0.3 is 0 Å². The van der Waals surface area contributed by atoms with Crippen molar-refractivity contribution in [3.05, 3.63) is 104 Å². The number of hydrogen-bond donors (Lipinski definition) is 1. The van der Waals surface area contributed by atoms with Crippen LogP contribution in [-0.4, -0.2) is 27.4 Å². The summed E-state index contributed by atoms with van der Waals surface area (Å²) < 4.78 is 0. The lowest BCUT2D eigenvalue weighted by molar-refractivity contribution is -0.385. The second-order valence-electron chi connectivity index (χ2n) is 7.59. The molecule has 1 saturated heterocycles. The summed E-state index contributed by atoms with van der Waals surface area (Å²) >= 11 is 7.50. The Morgan fingerprint density at radius 1 is 1.15 bits per heavy atom. The number of carbonyl (C=O) groups excluding carboxylic acids is 2. The van der Waals surface area contributed by atoms with E-state index in [0.29, 0.717) is 34.1 Å². The number of halogens is 1. The molecule has 168 valence electrons. The van der Waals surface area contributed by atoms with Gasteiger partial charge in [-0.25, -0.2) is 0 Å². The van der Waals surface area contributed by atoms with Gasteiger partial charge in [-0.15, -0.1) is 11.8 Å². The summed E-state index contributed by atoms with van der Waals surface area (Å²) in [6.45, 7) is 2.07. The number of carbonyl (C=O) groups is 2. The van der Waals surface area contributed by atoms with E-state index in [-0.39, 0.29) is 22.9 Å². The summed E-state index contributed by atoms with van der Waals surface area (Å²) in [7, 11) is 0. The van der Waals surface area contributed by atoms with Gasteiger partial charge in [-0.2, -0.15) is 0 Å². The first-order valence-corrected chi connectivity index (χ1v) is 11.6. The smallest absolute Gasteiger partial charge is 0.274 e. The van der Waals surface area contributed by atoms with Crippen LogP contribution in [0.2, 0.25) is 5.02 Å². The molecule has 9 heteroatoms. The van der Waals surface area contributed by atoms with Gasteiger partial charge in [0.2, 0.25) is 5.91 Å². The van der Waals surface area contributed by atoms with Crippen molar-refractivity contribution in [3.8, 4) is 0 Å². The lowest BCUT2D eigenvalue weighted by atomic mass is 10.1. The average Bonchev–Trinajstić information content (AvgIpc) is 3.16. The molecule has 1 aliphatic rings. The summed E-state index contributed by atoms with van der Waals surface area (Å²) in [6, 6.07) is 19.0. The van der Waals surface area contributed by atoms with Gasteiger partial charge in [-0.1, -0.05) is 41.9 Å². The number of benzene rings is 3. The van der Waals surface area contributed by atoms with Crippen LogP contribution >= 0.6 is 23.4 Å². The van der Waals surface area contributed by atoms with Gasteiger partial charge in [0, 0.05) is 23.2 Å². The molecule has 4 rings (SSSR count). The molecule has 0 aromatic heterocycles. The third kappa shape index (κ3) is 5.02. The highest BCUT2D eigenvalue weighted by Crippen LogP contribution is 2.39. The van der Waals surface area contributed by atoms with Crippen LogP contribution < -0.4 is 5.32 Å². The zero-order chi connectivity index (χ0) is 23.5. The topological polar surface area (TPSA) is 92.6 Å². The van der Waals surface area contributed by atoms with E-state index in [2.05, 4.69) is 5.32 Å². The molecule has 3 aromatic carbocycles. The largest absolute Gasteiger partial charge is 0.322 e. The second kappa shape index (κ2) is 9.64. The Morgan fingerprint density at radius 2 is 1.85 bits per heavy atom. The lowest BCUT2D eigenvalue weighted by Gasteiger charge is -2.24. The number of hydrogen-bond acceptors (Lipinski definition) is 5. The Bertz CT molecular complexity index is 1220. The molecule has 1 N–H and O–H groups in total. The predicted molar refractivity (Wildman–Crippen MR) is 129 cm³/mol. The minimum atomic E-state index is -0.476. The highest BCUT2D eigenvalue weighted by molar-refractivity contribution is 8.00. The van der Waals surface area contributed by atoms with Gasteiger partial charge < -0.3 is 10.2 Å². The van der Waals surface area contributed by atoms with Gasteiger partial charge in [0.05, 0.1) is 21.9 Å². The van der Waals surface area contributed by atoms with E-state index < -0.39 is 4.92 Å². The van der Waals surface area contributed by atoms with Crippen molar-refractivity contribution in [2.75, 3.05) is 11.1 Å². The second-order valence-corrected chi connectivity index (χ2v) is 9.10. The Balaban J connectivity index is 1.49. The molecule has 1 aliphatic heterocycles. The van der Waals surface area contributed by atoms with Crippen molar-refractivity contribution in [3.63, 3.8) is 0 Å². The summed E-state index contributed by atoms with van der Waals surface area (Å²) in [5.74, 6) is 0.0910. The number of nitro groups is 1. The highest BCUT2D eigenvalue weighted by atomic mass is 35.5. The molecule has 0 aliphatic carbocycles. The van der Waals surface area contributed by atoms with Crippen LogP contribution in [0.3, 0.4) is 0 Å². The van der Waals surface area contributed by atoms with Crippen LogP contribution in [0.5, 0.6) is 0 Å². The summed E-state index contributed by atoms with van der Waals surface area (Å²) in [4.78, 5) is 37.7. The number of nitro benzene ring substituents is 1. The lowest BCUT2D eigenvalue weighted by Crippen LogP contribution is -2.27. The molecule has 1 atom stereocenters. The van der Waals surface area contributed by atoms with Gasteiger partial charge in [-0.05, 0) is 48.4 Å². The normalized spacial score (nSPS) is 15.5. The Labute approximate surface area is 199 Å². The molecule has 2 amide bonds. The Hall–Kier alpha value is -3.36. The quantitative estimate of drug-likeness (QED) is 0.366. The number of nitrogens with zero attached hydrogens (tertiary/aromatic N) is 2. The van der Waals surface area contributed by atoms with Crippen molar-refractivity contribution < 1.29 is 14.5 Å². The van der Waals surface area contributed by atoms with Crippen molar-refractivity contribution in [1.82, 2.24) is 4.90 Å². The maximum Gasteiger partial charge on any atom is 0.274 e. The van der Waals surface area contributed by atoms with E-state index in [1.165, 1.54) is 12.1 Å². The first-order valence-electron chi connectivity index (χ1n) is 10.1. The fourth-order valence-corrected chi connectivity index (χ4v) is 4.95. The van der Waals surface area contributed by atoms with Crippen molar-refractivity contribution in [1.29, 1.82) is 0 Å². The van der Waals surface area contributed by atoms with E-state index in [9.17, 15) is 19.7 Å². The van der Waals surface area contributed by atoms with Crippen LogP contribution in [0, 0.1) is 17.0 Å². The monoisotopic (exact) mass is 481 g/mol. The molecular formula is C24H20ClN3O4S. The van der Waals surface area contributed by atoms with Gasteiger partial charge in [-0.3, -0.25) is 19.7 Å². The van der Waals surface area contributed by atoms with Crippen molar-refractivity contribution in [2.45, 2.75) is 18.8 Å². The summed E-state index contributed by atoms with van der Waals surface area (Å²) in [6.07, 6.45) is 0.